The highest BCUT2D eigenvalue weighted by molar-refractivity contribution is 6.12. The van der Waals surface area contributed by atoms with E-state index in [1.807, 2.05) is 52.0 Å². The molecule has 1 aromatic carbocycles. The van der Waals surface area contributed by atoms with Crippen LogP contribution in [0.3, 0.4) is 0 Å². The van der Waals surface area contributed by atoms with Crippen LogP contribution >= 0.6 is 0 Å². The Kier molecular flexibility index (Phi) is 9.31. The molecule has 0 fully saturated rings. The first-order valence-electron chi connectivity index (χ1n) is 12.5. The fraction of sp³-hybridized carbons (Fsp3) is 0.536. The van der Waals surface area contributed by atoms with Crippen molar-refractivity contribution in [2.75, 3.05) is 26.9 Å². The van der Waals surface area contributed by atoms with E-state index in [9.17, 15) is 14.4 Å². The molecule has 1 heterocycles. The molecular formula is C28H37NO7. The molecule has 8 nitrogen and oxygen atoms in total. The van der Waals surface area contributed by atoms with Crippen molar-refractivity contribution in [2.24, 2.45) is 11.8 Å². The van der Waals surface area contributed by atoms with Crippen LogP contribution in [0.1, 0.15) is 58.9 Å². The van der Waals surface area contributed by atoms with Crippen molar-refractivity contribution in [3.05, 3.63) is 52.4 Å². The van der Waals surface area contributed by atoms with E-state index in [-0.39, 0.29) is 31.0 Å². The number of hydrogen-bond donors (Lipinski definition) is 1. The predicted molar refractivity (Wildman–Crippen MR) is 134 cm³/mol. The number of hydrogen-bond acceptors (Lipinski definition) is 8. The molecule has 0 aromatic heterocycles. The van der Waals surface area contributed by atoms with Gasteiger partial charge in [-0.2, -0.15) is 0 Å². The topological polar surface area (TPSA) is 100 Å². The van der Waals surface area contributed by atoms with Crippen LogP contribution in [0, 0.1) is 11.8 Å². The number of benzene rings is 1. The van der Waals surface area contributed by atoms with Crippen LogP contribution in [0.5, 0.6) is 5.75 Å². The molecule has 1 N–H and O–H groups in total. The molecule has 0 amide bonds. The van der Waals surface area contributed by atoms with Gasteiger partial charge in [0.05, 0.1) is 32.0 Å². The number of dihydropyridines is 1. The molecule has 3 rings (SSSR count). The van der Waals surface area contributed by atoms with Crippen LogP contribution in [0.4, 0.5) is 0 Å². The molecule has 1 aliphatic heterocycles. The summed E-state index contributed by atoms with van der Waals surface area (Å²) in [6.07, 6.45) is 1.38. The van der Waals surface area contributed by atoms with Gasteiger partial charge in [-0.1, -0.05) is 26.0 Å². The molecule has 0 saturated carbocycles. The summed E-state index contributed by atoms with van der Waals surface area (Å²) in [5.74, 6) is -2.59. The van der Waals surface area contributed by atoms with E-state index in [1.54, 1.807) is 6.92 Å². The Morgan fingerprint density at radius 1 is 1.11 bits per heavy atom. The summed E-state index contributed by atoms with van der Waals surface area (Å²) in [5, 5.41) is 3.26. The first-order valence-corrected chi connectivity index (χ1v) is 12.5. The van der Waals surface area contributed by atoms with E-state index < -0.39 is 23.8 Å². The molecule has 0 unspecified atom stereocenters. The predicted octanol–water partition coefficient (Wildman–Crippen LogP) is 4.06. The second kappa shape index (κ2) is 12.2. The van der Waals surface area contributed by atoms with E-state index >= 15 is 0 Å². The number of ketones is 1. The smallest absolute Gasteiger partial charge is 0.336 e. The quantitative estimate of drug-likeness (QED) is 0.292. The molecule has 8 heteroatoms. The van der Waals surface area contributed by atoms with Gasteiger partial charge in [-0.3, -0.25) is 9.59 Å². The Labute approximate surface area is 213 Å². The molecule has 1 aromatic rings. The molecular weight excluding hydrogens is 462 g/mol. The first kappa shape index (κ1) is 27.5. The van der Waals surface area contributed by atoms with Gasteiger partial charge in [-0.05, 0) is 57.2 Å². The Balaban J connectivity index is 2.01. The second-order valence-electron chi connectivity index (χ2n) is 9.51. The van der Waals surface area contributed by atoms with Gasteiger partial charge in [0.1, 0.15) is 18.3 Å². The van der Waals surface area contributed by atoms with Gasteiger partial charge < -0.3 is 24.3 Å². The largest absolute Gasteiger partial charge is 0.494 e. The number of carbonyl (C=O) groups is 3. The van der Waals surface area contributed by atoms with Gasteiger partial charge in [0.2, 0.25) is 0 Å². The van der Waals surface area contributed by atoms with E-state index in [0.717, 1.165) is 17.7 Å². The molecule has 1 aliphatic carbocycles. The number of methoxy groups -OCH3 is 1. The standard InChI is InChI=1S/C28H37NO7/c1-7-12-35-20-10-8-19(9-11-20)24-23(28(32)36-14-13-34-16(2)3)18(5)29-21-15-17(4)22(27(31)33-6)26(30)25(21)24/h8-11,16-17,22,24,29H,7,12-15H2,1-6H3/t17-,22+,24-/m0/s1. The van der Waals surface area contributed by atoms with Crippen molar-refractivity contribution in [1.82, 2.24) is 5.32 Å². The molecule has 0 bridgehead atoms. The molecule has 36 heavy (non-hydrogen) atoms. The van der Waals surface area contributed by atoms with Crippen molar-refractivity contribution < 1.29 is 33.3 Å². The summed E-state index contributed by atoms with van der Waals surface area (Å²) in [4.78, 5) is 39.6. The SMILES string of the molecule is CCCOc1ccc([C@H]2C(C(=O)OCCOC(C)C)=C(C)NC3=C2C(=O)[C@H](C(=O)OC)[C@@H](C)C3)cc1. The van der Waals surface area contributed by atoms with Crippen LogP contribution in [0.2, 0.25) is 0 Å². The maximum Gasteiger partial charge on any atom is 0.336 e. The molecule has 0 spiro atoms. The van der Waals surface area contributed by atoms with Gasteiger partial charge >= 0.3 is 11.9 Å². The maximum atomic E-state index is 13.8. The third kappa shape index (κ3) is 5.98. The second-order valence-corrected chi connectivity index (χ2v) is 9.51. The van der Waals surface area contributed by atoms with Crippen molar-refractivity contribution in [1.29, 1.82) is 0 Å². The summed E-state index contributed by atoms with van der Waals surface area (Å²) in [6.45, 7) is 10.5. The number of ether oxygens (including phenoxy) is 4. The van der Waals surface area contributed by atoms with Crippen LogP contribution in [0.15, 0.2) is 46.8 Å². The van der Waals surface area contributed by atoms with Crippen LogP contribution in [-0.4, -0.2) is 50.8 Å². The van der Waals surface area contributed by atoms with Gasteiger partial charge in [-0.15, -0.1) is 0 Å². The Morgan fingerprint density at radius 3 is 2.42 bits per heavy atom. The van der Waals surface area contributed by atoms with Crippen LogP contribution in [0.25, 0.3) is 0 Å². The van der Waals surface area contributed by atoms with E-state index in [0.29, 0.717) is 35.6 Å². The molecule has 0 saturated heterocycles. The molecule has 3 atom stereocenters. The van der Waals surface area contributed by atoms with E-state index in [4.69, 9.17) is 18.9 Å². The Morgan fingerprint density at radius 2 is 1.81 bits per heavy atom. The number of allylic oxidation sites excluding steroid dienone is 3. The zero-order chi connectivity index (χ0) is 26.4. The third-order valence-corrected chi connectivity index (χ3v) is 6.42. The highest BCUT2D eigenvalue weighted by Gasteiger charge is 2.47. The minimum absolute atomic E-state index is 0.0204. The van der Waals surface area contributed by atoms with Crippen LogP contribution < -0.4 is 10.1 Å². The van der Waals surface area contributed by atoms with Gasteiger partial charge in [0.25, 0.3) is 0 Å². The molecule has 196 valence electrons. The molecule has 0 radical (unpaired) electrons. The fourth-order valence-electron chi connectivity index (χ4n) is 4.76. The fourth-order valence-corrected chi connectivity index (χ4v) is 4.76. The summed E-state index contributed by atoms with van der Waals surface area (Å²) < 4.78 is 21.7. The monoisotopic (exact) mass is 499 g/mol. The van der Waals surface area contributed by atoms with E-state index in [1.165, 1.54) is 7.11 Å². The van der Waals surface area contributed by atoms with Crippen molar-refractivity contribution in [2.45, 2.75) is 59.5 Å². The number of Topliss-reactive ketones (excluding diaryl/α,β-unsaturated/α-hetero) is 1. The number of carbonyl (C=O) groups excluding carboxylic acids is 3. The van der Waals surface area contributed by atoms with Gasteiger partial charge in [0.15, 0.2) is 5.78 Å². The van der Waals surface area contributed by atoms with Crippen LogP contribution in [-0.2, 0) is 28.6 Å². The average Bonchev–Trinajstić information content (AvgIpc) is 2.84. The lowest BCUT2D eigenvalue weighted by molar-refractivity contribution is -0.151. The first-order chi connectivity index (χ1) is 17.2. The zero-order valence-electron chi connectivity index (χ0n) is 22.0. The Bertz CT molecular complexity index is 1040. The lowest BCUT2D eigenvalue weighted by Crippen LogP contribution is -2.43. The van der Waals surface area contributed by atoms with Gasteiger partial charge in [-0.25, -0.2) is 4.79 Å². The Hall–Kier alpha value is -3.13. The third-order valence-electron chi connectivity index (χ3n) is 6.42. The minimum Gasteiger partial charge on any atom is -0.494 e. The number of rotatable bonds is 10. The lowest BCUT2D eigenvalue weighted by Gasteiger charge is -2.38. The minimum atomic E-state index is -0.930. The highest BCUT2D eigenvalue weighted by Crippen LogP contribution is 2.45. The average molecular weight is 500 g/mol. The normalized spacial score (nSPS) is 21.8. The van der Waals surface area contributed by atoms with Crippen molar-refractivity contribution in [3.63, 3.8) is 0 Å². The lowest BCUT2D eigenvalue weighted by atomic mass is 9.69. The number of esters is 2. The van der Waals surface area contributed by atoms with Gasteiger partial charge in [0, 0.05) is 22.9 Å². The maximum absolute atomic E-state index is 13.8. The highest BCUT2D eigenvalue weighted by atomic mass is 16.6. The van der Waals surface area contributed by atoms with E-state index in [2.05, 4.69) is 5.32 Å². The summed E-state index contributed by atoms with van der Waals surface area (Å²) >= 11 is 0. The van der Waals surface area contributed by atoms with Crippen molar-refractivity contribution in [3.8, 4) is 5.75 Å². The van der Waals surface area contributed by atoms with Crippen molar-refractivity contribution >= 4 is 17.7 Å². The summed E-state index contributed by atoms with van der Waals surface area (Å²) in [6, 6.07) is 7.37. The number of nitrogens with one attached hydrogen (secondary N) is 1. The summed E-state index contributed by atoms with van der Waals surface area (Å²) in [5.41, 5.74) is 2.83. The summed E-state index contributed by atoms with van der Waals surface area (Å²) in [7, 11) is 1.28. The molecule has 2 aliphatic rings. The zero-order valence-corrected chi connectivity index (χ0v) is 22.0.